The first kappa shape index (κ1) is 19.8. The van der Waals surface area contributed by atoms with Crippen LogP contribution in [0.2, 0.25) is 0 Å². The predicted molar refractivity (Wildman–Crippen MR) is 117 cm³/mol. The zero-order valence-electron chi connectivity index (χ0n) is 17.2. The molecule has 2 heterocycles. The number of H-pyrrole nitrogens is 1. The highest BCUT2D eigenvalue weighted by Gasteiger charge is 2.19. The first-order valence-corrected chi connectivity index (χ1v) is 9.41. The van der Waals surface area contributed by atoms with Crippen molar-refractivity contribution in [2.75, 3.05) is 24.9 Å². The molecule has 4 aromatic rings. The van der Waals surface area contributed by atoms with Crippen LogP contribution in [0.1, 0.15) is 12.5 Å². The van der Waals surface area contributed by atoms with Gasteiger partial charge in [0.15, 0.2) is 23.0 Å². The number of carbonyl (C=O) groups is 1. The molecule has 9 heteroatoms. The summed E-state index contributed by atoms with van der Waals surface area (Å²) in [5, 5.41) is 19.9. The van der Waals surface area contributed by atoms with Crippen molar-refractivity contribution < 1.29 is 14.3 Å². The number of ether oxygens (including phenoxy) is 2. The van der Waals surface area contributed by atoms with Crippen LogP contribution in [0.5, 0.6) is 11.5 Å². The fraction of sp³-hybridized carbons (Fsp3) is 0.136. The number of amides is 1. The molecular formula is C22H20N6O3. The fourth-order valence-electron chi connectivity index (χ4n) is 3.33. The molecule has 0 aliphatic carbocycles. The zero-order chi connectivity index (χ0) is 22.0. The van der Waals surface area contributed by atoms with Crippen molar-refractivity contribution in [3.05, 3.63) is 54.2 Å². The third kappa shape index (κ3) is 3.74. The van der Waals surface area contributed by atoms with Crippen molar-refractivity contribution >= 4 is 28.7 Å². The van der Waals surface area contributed by atoms with Gasteiger partial charge in [-0.2, -0.15) is 14.9 Å². The Labute approximate surface area is 178 Å². The number of hydrogen-bond acceptors (Lipinski definition) is 6. The number of benzene rings is 2. The van der Waals surface area contributed by atoms with E-state index in [2.05, 4.69) is 26.8 Å². The van der Waals surface area contributed by atoms with Gasteiger partial charge in [0, 0.05) is 23.9 Å². The molecule has 0 fully saturated rings. The summed E-state index contributed by atoms with van der Waals surface area (Å²) in [6, 6.07) is 15.0. The van der Waals surface area contributed by atoms with Crippen molar-refractivity contribution in [2.45, 2.75) is 6.92 Å². The Morgan fingerprint density at radius 2 is 1.90 bits per heavy atom. The molecule has 9 nitrogen and oxygen atoms in total. The van der Waals surface area contributed by atoms with Crippen LogP contribution >= 0.6 is 0 Å². The quantitative estimate of drug-likeness (QED) is 0.439. The standard InChI is InChI=1S/C22H20N6O3/c1-13(29)25-16-5-4-6-17(10-16)26-22-20(27-21-15(11-23)12-24-28(21)22)14-7-8-18(30-2)19(9-14)31-3/h4-10,12,26-27H,1-3H3,(H,25,29). The van der Waals surface area contributed by atoms with Crippen LogP contribution in [0.4, 0.5) is 17.2 Å². The number of nitriles is 1. The molecule has 3 N–H and O–H groups in total. The summed E-state index contributed by atoms with van der Waals surface area (Å²) in [6.45, 7) is 1.46. The maximum absolute atomic E-state index is 11.4. The zero-order valence-corrected chi connectivity index (χ0v) is 17.2. The number of anilines is 3. The Balaban J connectivity index is 1.84. The summed E-state index contributed by atoms with van der Waals surface area (Å²) in [4.78, 5) is 14.7. The fourth-order valence-corrected chi connectivity index (χ4v) is 3.33. The number of hydrogen-bond donors (Lipinski definition) is 3. The molecule has 4 rings (SSSR count). The van der Waals surface area contributed by atoms with E-state index < -0.39 is 0 Å². The van der Waals surface area contributed by atoms with Crippen molar-refractivity contribution in [1.29, 1.82) is 5.26 Å². The lowest BCUT2D eigenvalue weighted by atomic mass is 10.1. The van der Waals surface area contributed by atoms with Crippen LogP contribution in [0.3, 0.4) is 0 Å². The molecule has 0 spiro atoms. The SMILES string of the molecule is COc1ccc(-c2[nH]c3c(C#N)cnn3c2Nc2cccc(NC(C)=O)c2)cc1OC. The summed E-state index contributed by atoms with van der Waals surface area (Å²) in [5.41, 5.74) is 3.91. The minimum atomic E-state index is -0.155. The van der Waals surface area contributed by atoms with Crippen molar-refractivity contribution in [3.8, 4) is 28.8 Å². The molecule has 0 atom stereocenters. The van der Waals surface area contributed by atoms with Gasteiger partial charge in [0.25, 0.3) is 0 Å². The van der Waals surface area contributed by atoms with Gasteiger partial charge in [-0.05, 0) is 36.4 Å². The van der Waals surface area contributed by atoms with E-state index in [9.17, 15) is 10.1 Å². The van der Waals surface area contributed by atoms with Crippen LogP contribution in [-0.2, 0) is 4.79 Å². The van der Waals surface area contributed by atoms with E-state index in [-0.39, 0.29) is 5.91 Å². The van der Waals surface area contributed by atoms with Crippen LogP contribution in [0.15, 0.2) is 48.7 Å². The second kappa shape index (κ2) is 8.12. The van der Waals surface area contributed by atoms with Gasteiger partial charge < -0.3 is 25.1 Å². The van der Waals surface area contributed by atoms with Gasteiger partial charge >= 0.3 is 0 Å². The molecule has 31 heavy (non-hydrogen) atoms. The van der Waals surface area contributed by atoms with E-state index in [0.29, 0.717) is 39.9 Å². The summed E-state index contributed by atoms with van der Waals surface area (Å²) in [7, 11) is 3.15. The van der Waals surface area contributed by atoms with Crippen LogP contribution < -0.4 is 20.1 Å². The summed E-state index contributed by atoms with van der Waals surface area (Å²) in [6.07, 6.45) is 1.50. The maximum Gasteiger partial charge on any atom is 0.221 e. The van der Waals surface area contributed by atoms with E-state index in [1.165, 1.54) is 13.1 Å². The lowest BCUT2D eigenvalue weighted by Crippen LogP contribution is -2.06. The Morgan fingerprint density at radius 3 is 2.61 bits per heavy atom. The predicted octanol–water partition coefficient (Wildman–Crippen LogP) is 3.92. The number of aromatic amines is 1. The largest absolute Gasteiger partial charge is 0.493 e. The van der Waals surface area contributed by atoms with E-state index in [0.717, 1.165) is 11.3 Å². The lowest BCUT2D eigenvalue weighted by molar-refractivity contribution is -0.114. The third-order valence-corrected chi connectivity index (χ3v) is 4.70. The first-order valence-electron chi connectivity index (χ1n) is 9.41. The summed E-state index contributed by atoms with van der Waals surface area (Å²) < 4.78 is 12.4. The van der Waals surface area contributed by atoms with E-state index >= 15 is 0 Å². The molecule has 0 bridgehead atoms. The van der Waals surface area contributed by atoms with Gasteiger partial charge in [-0.25, -0.2) is 0 Å². The number of imidazole rings is 1. The molecule has 0 aliphatic heterocycles. The summed E-state index contributed by atoms with van der Waals surface area (Å²) >= 11 is 0. The Bertz CT molecular complexity index is 1310. The minimum absolute atomic E-state index is 0.155. The Kier molecular flexibility index (Phi) is 5.20. The average molecular weight is 416 g/mol. The van der Waals surface area contributed by atoms with E-state index in [1.54, 1.807) is 24.8 Å². The second-order valence-electron chi connectivity index (χ2n) is 6.74. The van der Waals surface area contributed by atoms with E-state index in [1.807, 2.05) is 36.4 Å². The molecule has 0 aliphatic rings. The number of methoxy groups -OCH3 is 2. The lowest BCUT2D eigenvalue weighted by Gasteiger charge is -2.12. The average Bonchev–Trinajstić information content (AvgIpc) is 3.33. The number of carbonyl (C=O) groups excluding carboxylic acids is 1. The van der Waals surface area contributed by atoms with Crippen LogP contribution in [-0.4, -0.2) is 34.7 Å². The molecule has 0 radical (unpaired) electrons. The Morgan fingerprint density at radius 1 is 1.13 bits per heavy atom. The highest BCUT2D eigenvalue weighted by Crippen LogP contribution is 2.37. The molecule has 0 saturated carbocycles. The number of nitrogens with one attached hydrogen (secondary N) is 3. The molecule has 0 saturated heterocycles. The highest BCUT2D eigenvalue weighted by atomic mass is 16.5. The number of nitrogens with zero attached hydrogens (tertiary/aromatic N) is 3. The van der Waals surface area contributed by atoms with E-state index in [4.69, 9.17) is 9.47 Å². The van der Waals surface area contributed by atoms with Gasteiger partial charge in [0.2, 0.25) is 5.91 Å². The normalized spacial score (nSPS) is 10.5. The second-order valence-corrected chi connectivity index (χ2v) is 6.74. The van der Waals surface area contributed by atoms with Gasteiger partial charge in [-0.3, -0.25) is 4.79 Å². The molecule has 2 aromatic carbocycles. The van der Waals surface area contributed by atoms with Crippen LogP contribution in [0, 0.1) is 11.3 Å². The number of rotatable bonds is 6. The smallest absolute Gasteiger partial charge is 0.221 e. The summed E-state index contributed by atoms with van der Waals surface area (Å²) in [5.74, 6) is 1.66. The first-order chi connectivity index (χ1) is 15.0. The van der Waals surface area contributed by atoms with Gasteiger partial charge in [0.05, 0.1) is 26.1 Å². The van der Waals surface area contributed by atoms with Crippen molar-refractivity contribution in [1.82, 2.24) is 14.6 Å². The number of aromatic nitrogens is 3. The van der Waals surface area contributed by atoms with Crippen LogP contribution in [0.25, 0.3) is 16.9 Å². The molecule has 156 valence electrons. The highest BCUT2D eigenvalue weighted by molar-refractivity contribution is 5.89. The Hall–Kier alpha value is -4.45. The van der Waals surface area contributed by atoms with Crippen molar-refractivity contribution in [2.24, 2.45) is 0 Å². The number of fused-ring (bicyclic) bond motifs is 1. The molecule has 0 unspecified atom stereocenters. The van der Waals surface area contributed by atoms with Gasteiger partial charge in [-0.15, -0.1) is 0 Å². The molecule has 1 amide bonds. The monoisotopic (exact) mass is 416 g/mol. The topological polar surface area (TPSA) is 116 Å². The minimum Gasteiger partial charge on any atom is -0.493 e. The van der Waals surface area contributed by atoms with Gasteiger partial charge in [0.1, 0.15) is 11.6 Å². The molecule has 2 aromatic heterocycles. The molecular weight excluding hydrogens is 396 g/mol. The third-order valence-electron chi connectivity index (χ3n) is 4.70. The van der Waals surface area contributed by atoms with Gasteiger partial charge in [-0.1, -0.05) is 6.07 Å². The van der Waals surface area contributed by atoms with Crippen molar-refractivity contribution in [3.63, 3.8) is 0 Å². The maximum atomic E-state index is 11.4.